The average molecular weight is 444 g/mol. The fourth-order valence-corrected chi connectivity index (χ4v) is 3.13. The Labute approximate surface area is 164 Å². The van der Waals surface area contributed by atoms with Crippen molar-refractivity contribution < 1.29 is 0 Å². The van der Waals surface area contributed by atoms with Gasteiger partial charge in [0.15, 0.2) is 5.96 Å². The van der Waals surface area contributed by atoms with E-state index < -0.39 is 0 Å². The van der Waals surface area contributed by atoms with Gasteiger partial charge in [0, 0.05) is 31.5 Å². The molecule has 1 fully saturated rings. The van der Waals surface area contributed by atoms with Gasteiger partial charge in [-0.15, -0.1) is 24.0 Å². The van der Waals surface area contributed by atoms with E-state index in [2.05, 4.69) is 49.4 Å². The van der Waals surface area contributed by atoms with E-state index in [1.807, 2.05) is 12.4 Å². The molecule has 0 bridgehead atoms. The number of guanidine groups is 1. The van der Waals surface area contributed by atoms with Crippen molar-refractivity contribution >= 4 is 29.9 Å². The second-order valence-corrected chi connectivity index (χ2v) is 7.40. The first-order valence-corrected chi connectivity index (χ1v) is 8.94. The number of nitrogens with one attached hydrogen (secondary N) is 2. The molecule has 1 saturated carbocycles. The summed E-state index contributed by atoms with van der Waals surface area (Å²) in [6.07, 6.45) is 9.80. The predicted octanol–water partition coefficient (Wildman–Crippen LogP) is 4.07. The molecule has 24 heavy (non-hydrogen) atoms. The molecule has 0 spiro atoms. The number of nitrogens with zero attached hydrogens (tertiary/aromatic N) is 2. The summed E-state index contributed by atoms with van der Waals surface area (Å²) in [7, 11) is 0. The first kappa shape index (κ1) is 21.2. The summed E-state index contributed by atoms with van der Waals surface area (Å²) >= 11 is 0. The highest BCUT2D eigenvalue weighted by Crippen LogP contribution is 2.34. The minimum absolute atomic E-state index is 0. The van der Waals surface area contributed by atoms with Gasteiger partial charge in [-0.1, -0.05) is 13.8 Å². The maximum Gasteiger partial charge on any atom is 0.191 e. The van der Waals surface area contributed by atoms with Crippen LogP contribution in [0.15, 0.2) is 23.5 Å². The zero-order valence-corrected chi connectivity index (χ0v) is 17.9. The van der Waals surface area contributed by atoms with Gasteiger partial charge in [0.1, 0.15) is 0 Å². The molecule has 0 atom stereocenters. The predicted molar refractivity (Wildman–Crippen MR) is 113 cm³/mol. The molecular weight excluding hydrogens is 411 g/mol. The normalized spacial score (nSPS) is 17.9. The van der Waals surface area contributed by atoms with Crippen molar-refractivity contribution in [3.63, 3.8) is 0 Å². The number of rotatable bonds is 5. The molecule has 0 saturated heterocycles. The highest BCUT2D eigenvalue weighted by atomic mass is 127. The summed E-state index contributed by atoms with van der Waals surface area (Å²) in [6, 6.07) is 2.65. The molecule has 0 unspecified atom stereocenters. The van der Waals surface area contributed by atoms with E-state index >= 15 is 0 Å². The van der Waals surface area contributed by atoms with E-state index in [1.54, 1.807) is 0 Å². The van der Waals surface area contributed by atoms with Gasteiger partial charge in [0.2, 0.25) is 0 Å². The van der Waals surface area contributed by atoms with Crippen LogP contribution in [0.25, 0.3) is 0 Å². The van der Waals surface area contributed by atoms with Crippen molar-refractivity contribution in [1.82, 2.24) is 15.6 Å². The Kier molecular flexibility index (Phi) is 9.02. The van der Waals surface area contributed by atoms with Crippen molar-refractivity contribution in [2.45, 2.75) is 65.8 Å². The van der Waals surface area contributed by atoms with Crippen LogP contribution >= 0.6 is 24.0 Å². The highest BCUT2D eigenvalue weighted by molar-refractivity contribution is 14.0. The number of hydrogen-bond acceptors (Lipinski definition) is 2. The SMILES string of the molecule is CCNC(=NCCc1ccncc1C)NC1CCC(C)(C)CC1.I. The maximum absolute atomic E-state index is 4.75. The molecule has 1 aromatic heterocycles. The molecule has 136 valence electrons. The molecule has 1 aromatic rings. The van der Waals surface area contributed by atoms with Crippen LogP contribution in [-0.4, -0.2) is 30.1 Å². The van der Waals surface area contributed by atoms with Gasteiger partial charge < -0.3 is 10.6 Å². The number of halogens is 1. The number of pyridine rings is 1. The van der Waals surface area contributed by atoms with Crippen LogP contribution in [0.1, 0.15) is 57.6 Å². The average Bonchev–Trinajstić information content (AvgIpc) is 2.51. The van der Waals surface area contributed by atoms with Gasteiger partial charge in [-0.25, -0.2) is 0 Å². The minimum atomic E-state index is 0. The Morgan fingerprint density at radius 3 is 2.67 bits per heavy atom. The molecule has 4 nitrogen and oxygen atoms in total. The van der Waals surface area contributed by atoms with Crippen molar-refractivity contribution in [1.29, 1.82) is 0 Å². The minimum Gasteiger partial charge on any atom is -0.357 e. The molecule has 5 heteroatoms. The van der Waals surface area contributed by atoms with E-state index in [0.29, 0.717) is 11.5 Å². The zero-order valence-electron chi connectivity index (χ0n) is 15.6. The Morgan fingerprint density at radius 1 is 1.33 bits per heavy atom. The Bertz CT molecular complexity index is 518. The zero-order chi connectivity index (χ0) is 16.7. The standard InChI is InChI=1S/C19H32N4.HI/c1-5-21-18(23-17-6-10-19(3,4)11-7-17)22-13-9-16-8-12-20-14-15(16)2;/h8,12,14,17H,5-7,9-11,13H2,1-4H3,(H2,21,22,23);1H. The van der Waals surface area contributed by atoms with Gasteiger partial charge in [0.05, 0.1) is 0 Å². The van der Waals surface area contributed by atoms with Gasteiger partial charge in [-0.2, -0.15) is 0 Å². The van der Waals surface area contributed by atoms with Gasteiger partial charge in [0.25, 0.3) is 0 Å². The Hall–Kier alpha value is -0.850. The summed E-state index contributed by atoms with van der Waals surface area (Å²) in [5.74, 6) is 0.962. The van der Waals surface area contributed by atoms with Crippen LogP contribution in [0.5, 0.6) is 0 Å². The lowest BCUT2D eigenvalue weighted by Gasteiger charge is -2.35. The third-order valence-corrected chi connectivity index (χ3v) is 4.81. The highest BCUT2D eigenvalue weighted by Gasteiger charge is 2.27. The lowest BCUT2D eigenvalue weighted by atomic mass is 9.75. The van der Waals surface area contributed by atoms with Crippen molar-refractivity contribution in [3.8, 4) is 0 Å². The second kappa shape index (κ2) is 10.2. The van der Waals surface area contributed by atoms with Gasteiger partial charge in [-0.05, 0) is 68.6 Å². The van der Waals surface area contributed by atoms with Crippen LogP contribution < -0.4 is 10.6 Å². The lowest BCUT2D eigenvalue weighted by molar-refractivity contribution is 0.216. The first-order chi connectivity index (χ1) is 11.0. The molecule has 1 heterocycles. The van der Waals surface area contributed by atoms with E-state index in [0.717, 1.165) is 25.5 Å². The summed E-state index contributed by atoms with van der Waals surface area (Å²) in [6.45, 7) is 10.7. The molecule has 1 aliphatic carbocycles. The van der Waals surface area contributed by atoms with Crippen LogP contribution in [0.2, 0.25) is 0 Å². The van der Waals surface area contributed by atoms with Crippen LogP contribution in [0.4, 0.5) is 0 Å². The molecular formula is C19H33IN4. The van der Waals surface area contributed by atoms with Gasteiger partial charge in [-0.3, -0.25) is 9.98 Å². The Balaban J connectivity index is 0.00000288. The lowest BCUT2D eigenvalue weighted by Crippen LogP contribution is -2.45. The summed E-state index contributed by atoms with van der Waals surface area (Å²) < 4.78 is 0. The summed E-state index contributed by atoms with van der Waals surface area (Å²) in [4.78, 5) is 8.90. The smallest absolute Gasteiger partial charge is 0.191 e. The third-order valence-electron chi connectivity index (χ3n) is 4.81. The molecule has 2 N–H and O–H groups in total. The number of aromatic nitrogens is 1. The quantitative estimate of drug-likeness (QED) is 0.409. The second-order valence-electron chi connectivity index (χ2n) is 7.40. The molecule has 0 radical (unpaired) electrons. The Morgan fingerprint density at radius 2 is 2.04 bits per heavy atom. The maximum atomic E-state index is 4.75. The van der Waals surface area contributed by atoms with E-state index in [-0.39, 0.29) is 24.0 Å². The van der Waals surface area contributed by atoms with Crippen LogP contribution in [0, 0.1) is 12.3 Å². The molecule has 0 amide bonds. The third kappa shape index (κ3) is 6.95. The molecule has 0 aliphatic heterocycles. The molecule has 0 aromatic carbocycles. The summed E-state index contributed by atoms with van der Waals surface area (Å²) in [5.41, 5.74) is 3.08. The van der Waals surface area contributed by atoms with Crippen LogP contribution in [-0.2, 0) is 6.42 Å². The van der Waals surface area contributed by atoms with E-state index in [9.17, 15) is 0 Å². The van der Waals surface area contributed by atoms with Crippen molar-refractivity contribution in [3.05, 3.63) is 29.6 Å². The number of hydrogen-bond donors (Lipinski definition) is 2. The van der Waals surface area contributed by atoms with E-state index in [4.69, 9.17) is 4.99 Å². The first-order valence-electron chi connectivity index (χ1n) is 8.94. The molecule has 2 rings (SSSR count). The number of aryl methyl sites for hydroxylation is 1. The topological polar surface area (TPSA) is 49.3 Å². The fourth-order valence-electron chi connectivity index (χ4n) is 3.13. The fraction of sp³-hybridized carbons (Fsp3) is 0.684. The number of aliphatic imine (C=N–C) groups is 1. The van der Waals surface area contributed by atoms with Crippen molar-refractivity contribution in [2.24, 2.45) is 10.4 Å². The monoisotopic (exact) mass is 444 g/mol. The summed E-state index contributed by atoms with van der Waals surface area (Å²) in [5, 5.41) is 7.00. The largest absolute Gasteiger partial charge is 0.357 e. The van der Waals surface area contributed by atoms with Crippen LogP contribution in [0.3, 0.4) is 0 Å². The van der Waals surface area contributed by atoms with Gasteiger partial charge >= 0.3 is 0 Å². The van der Waals surface area contributed by atoms with E-state index in [1.165, 1.54) is 36.8 Å². The molecule has 1 aliphatic rings. The van der Waals surface area contributed by atoms with Crippen molar-refractivity contribution in [2.75, 3.05) is 13.1 Å².